The maximum Gasteiger partial charge on any atom is 0.343 e. The van der Waals surface area contributed by atoms with Gasteiger partial charge in [-0.05, 0) is 18.2 Å². The number of esters is 1. The molecule has 0 bridgehead atoms. The Bertz CT molecular complexity index is 728. The first kappa shape index (κ1) is 18.1. The van der Waals surface area contributed by atoms with E-state index in [1.807, 2.05) is 0 Å². The van der Waals surface area contributed by atoms with Crippen molar-refractivity contribution in [2.45, 2.75) is 0 Å². The zero-order chi connectivity index (χ0) is 17.5. The molecule has 2 heterocycles. The number of aromatic nitrogens is 2. The summed E-state index contributed by atoms with van der Waals surface area (Å²) in [6.07, 6.45) is 1.52. The van der Waals surface area contributed by atoms with Crippen LogP contribution >= 0.6 is 23.2 Å². The van der Waals surface area contributed by atoms with E-state index in [2.05, 4.69) is 25.3 Å². The van der Waals surface area contributed by atoms with Gasteiger partial charge in [0.25, 0.3) is 0 Å². The molecule has 0 saturated carbocycles. The zero-order valence-corrected chi connectivity index (χ0v) is 14.6. The minimum Gasteiger partial charge on any atom is -0.480 e. The number of methoxy groups -OCH3 is 2. The smallest absolute Gasteiger partial charge is 0.343 e. The Hall–Kier alpha value is -2.25. The molecule has 2 aromatic heterocycles. The molecule has 0 atom stereocenters. The number of anilines is 2. The predicted molar refractivity (Wildman–Crippen MR) is 93.4 cm³/mol. The van der Waals surface area contributed by atoms with Crippen molar-refractivity contribution in [2.24, 2.45) is 0 Å². The number of carbonyl (C=O) groups is 1. The summed E-state index contributed by atoms with van der Waals surface area (Å²) in [5.74, 6) is 0.809. The first-order valence-corrected chi connectivity index (χ1v) is 7.73. The van der Waals surface area contributed by atoms with Crippen LogP contribution in [0.2, 0.25) is 10.0 Å². The number of rotatable bonds is 7. The van der Waals surface area contributed by atoms with Crippen molar-refractivity contribution < 1.29 is 14.3 Å². The van der Waals surface area contributed by atoms with E-state index in [0.717, 1.165) is 0 Å². The lowest BCUT2D eigenvalue weighted by atomic mass is 10.2. The van der Waals surface area contributed by atoms with Gasteiger partial charge in [0.1, 0.15) is 17.2 Å². The number of carbonyl (C=O) groups excluding carboxylic acids is 1. The molecule has 0 aliphatic heterocycles. The standard InChI is InChI=1S/C15H16Cl2N4O3/c1-23-14-10(15(22)24-2)3-4-12(21-14)18-5-6-19-13-11(17)7-9(16)8-20-13/h3-4,7-8H,5-6H2,1-2H3,(H,18,21)(H,19,20). The first-order chi connectivity index (χ1) is 11.5. The van der Waals surface area contributed by atoms with E-state index in [1.54, 1.807) is 18.2 Å². The predicted octanol–water partition coefficient (Wildman–Crippen LogP) is 3.10. The highest BCUT2D eigenvalue weighted by molar-refractivity contribution is 6.35. The van der Waals surface area contributed by atoms with E-state index in [9.17, 15) is 4.79 Å². The number of hydrogen-bond donors (Lipinski definition) is 2. The monoisotopic (exact) mass is 370 g/mol. The van der Waals surface area contributed by atoms with Crippen LogP contribution in [0.4, 0.5) is 11.6 Å². The number of nitrogens with one attached hydrogen (secondary N) is 2. The Balaban J connectivity index is 1.91. The van der Waals surface area contributed by atoms with Crippen molar-refractivity contribution >= 4 is 40.8 Å². The summed E-state index contributed by atoms with van der Waals surface area (Å²) in [6.45, 7) is 1.10. The van der Waals surface area contributed by atoms with Crippen molar-refractivity contribution in [1.29, 1.82) is 0 Å². The topological polar surface area (TPSA) is 85.4 Å². The molecular weight excluding hydrogens is 355 g/mol. The van der Waals surface area contributed by atoms with Crippen molar-refractivity contribution in [3.8, 4) is 5.88 Å². The van der Waals surface area contributed by atoms with Crippen molar-refractivity contribution in [2.75, 3.05) is 37.9 Å². The van der Waals surface area contributed by atoms with Crippen LogP contribution in [0.5, 0.6) is 5.88 Å². The molecule has 0 aliphatic rings. The van der Waals surface area contributed by atoms with Crippen LogP contribution in [0.25, 0.3) is 0 Å². The third kappa shape index (κ3) is 4.62. The van der Waals surface area contributed by atoms with Crippen LogP contribution in [-0.4, -0.2) is 43.2 Å². The van der Waals surface area contributed by atoms with E-state index in [0.29, 0.717) is 34.8 Å². The first-order valence-electron chi connectivity index (χ1n) is 6.97. The SMILES string of the molecule is COC(=O)c1ccc(NCCNc2ncc(Cl)cc2Cl)nc1OC. The minimum absolute atomic E-state index is 0.197. The van der Waals surface area contributed by atoms with Crippen molar-refractivity contribution in [3.05, 3.63) is 40.0 Å². The summed E-state index contributed by atoms with van der Waals surface area (Å²) in [7, 11) is 2.74. The van der Waals surface area contributed by atoms with Gasteiger partial charge in [0.15, 0.2) is 0 Å². The van der Waals surface area contributed by atoms with Crippen LogP contribution in [0, 0.1) is 0 Å². The fraction of sp³-hybridized carbons (Fsp3) is 0.267. The molecule has 9 heteroatoms. The minimum atomic E-state index is -0.504. The van der Waals surface area contributed by atoms with Crippen LogP contribution < -0.4 is 15.4 Å². The quantitative estimate of drug-likeness (QED) is 0.571. The molecule has 24 heavy (non-hydrogen) atoms. The van der Waals surface area contributed by atoms with E-state index < -0.39 is 5.97 Å². The number of pyridine rings is 2. The van der Waals surface area contributed by atoms with Gasteiger partial charge in [-0.25, -0.2) is 9.78 Å². The maximum atomic E-state index is 11.6. The van der Waals surface area contributed by atoms with Gasteiger partial charge in [-0.3, -0.25) is 0 Å². The molecule has 128 valence electrons. The lowest BCUT2D eigenvalue weighted by Crippen LogP contribution is -2.16. The number of halogens is 2. The summed E-state index contributed by atoms with van der Waals surface area (Å²) in [6, 6.07) is 4.87. The number of hydrogen-bond acceptors (Lipinski definition) is 7. The number of ether oxygens (including phenoxy) is 2. The molecule has 0 radical (unpaired) electrons. The molecule has 0 unspecified atom stereocenters. The zero-order valence-electron chi connectivity index (χ0n) is 13.1. The Morgan fingerprint density at radius 2 is 1.96 bits per heavy atom. The summed E-state index contributed by atoms with van der Waals surface area (Å²) >= 11 is 11.8. The van der Waals surface area contributed by atoms with Gasteiger partial charge in [0.05, 0.1) is 24.3 Å². The van der Waals surface area contributed by atoms with E-state index in [4.69, 9.17) is 27.9 Å². The Morgan fingerprint density at radius 1 is 1.21 bits per heavy atom. The molecule has 7 nitrogen and oxygen atoms in total. The molecule has 0 aromatic carbocycles. The van der Waals surface area contributed by atoms with Crippen LogP contribution in [0.15, 0.2) is 24.4 Å². The van der Waals surface area contributed by atoms with Gasteiger partial charge in [-0.2, -0.15) is 4.98 Å². The average Bonchev–Trinajstić information content (AvgIpc) is 2.59. The van der Waals surface area contributed by atoms with Gasteiger partial charge in [-0.15, -0.1) is 0 Å². The van der Waals surface area contributed by atoms with E-state index in [-0.39, 0.29) is 11.4 Å². The Labute approximate surface area is 149 Å². The summed E-state index contributed by atoms with van der Waals surface area (Å²) in [5.41, 5.74) is 0.265. The Kier molecular flexibility index (Phi) is 6.45. The van der Waals surface area contributed by atoms with E-state index in [1.165, 1.54) is 20.4 Å². The molecule has 0 saturated heterocycles. The highest BCUT2D eigenvalue weighted by Crippen LogP contribution is 2.22. The van der Waals surface area contributed by atoms with Crippen LogP contribution in [0.1, 0.15) is 10.4 Å². The second-order valence-electron chi connectivity index (χ2n) is 4.58. The van der Waals surface area contributed by atoms with Gasteiger partial charge < -0.3 is 20.1 Å². The highest BCUT2D eigenvalue weighted by Gasteiger charge is 2.14. The fourth-order valence-electron chi connectivity index (χ4n) is 1.88. The van der Waals surface area contributed by atoms with Gasteiger partial charge in [0, 0.05) is 19.3 Å². The largest absolute Gasteiger partial charge is 0.480 e. The van der Waals surface area contributed by atoms with Crippen molar-refractivity contribution in [3.63, 3.8) is 0 Å². The summed E-state index contributed by atoms with van der Waals surface area (Å²) in [5, 5.41) is 7.11. The Morgan fingerprint density at radius 3 is 2.62 bits per heavy atom. The van der Waals surface area contributed by atoms with Gasteiger partial charge in [0.2, 0.25) is 5.88 Å². The van der Waals surface area contributed by atoms with Crippen LogP contribution in [-0.2, 0) is 4.74 Å². The third-order valence-corrected chi connectivity index (χ3v) is 3.49. The molecule has 2 N–H and O–H groups in total. The second kappa shape index (κ2) is 8.56. The molecule has 2 aromatic rings. The molecule has 0 spiro atoms. The maximum absolute atomic E-state index is 11.6. The van der Waals surface area contributed by atoms with Gasteiger partial charge in [-0.1, -0.05) is 23.2 Å². The summed E-state index contributed by atoms with van der Waals surface area (Å²) in [4.78, 5) is 19.9. The third-order valence-electron chi connectivity index (χ3n) is 2.99. The normalized spacial score (nSPS) is 10.2. The highest BCUT2D eigenvalue weighted by atomic mass is 35.5. The fourth-order valence-corrected chi connectivity index (χ4v) is 2.32. The number of nitrogens with zero attached hydrogens (tertiary/aromatic N) is 2. The lowest BCUT2D eigenvalue weighted by Gasteiger charge is -2.11. The molecule has 0 aliphatic carbocycles. The lowest BCUT2D eigenvalue weighted by molar-refractivity contribution is 0.0596. The molecule has 0 amide bonds. The van der Waals surface area contributed by atoms with Crippen LogP contribution in [0.3, 0.4) is 0 Å². The molecular formula is C15H16Cl2N4O3. The van der Waals surface area contributed by atoms with E-state index >= 15 is 0 Å². The molecule has 0 fully saturated rings. The molecule has 2 rings (SSSR count). The van der Waals surface area contributed by atoms with Gasteiger partial charge >= 0.3 is 5.97 Å². The average molecular weight is 371 g/mol. The summed E-state index contributed by atoms with van der Waals surface area (Å²) < 4.78 is 9.77. The van der Waals surface area contributed by atoms with Crippen molar-refractivity contribution in [1.82, 2.24) is 9.97 Å². The second-order valence-corrected chi connectivity index (χ2v) is 5.43.